The molecular formula is C19H16BrF2N3OS. The van der Waals surface area contributed by atoms with Crippen LogP contribution >= 0.6 is 27.7 Å². The van der Waals surface area contributed by atoms with Crippen LogP contribution in [-0.4, -0.2) is 40.5 Å². The molecule has 2 aliphatic heterocycles. The van der Waals surface area contributed by atoms with E-state index in [4.69, 9.17) is 0 Å². The molecule has 4 nitrogen and oxygen atoms in total. The Morgan fingerprint density at radius 3 is 2.44 bits per heavy atom. The zero-order chi connectivity index (χ0) is 19.0. The standard InChI is InChI=1S/C19H16BrF2N3OS/c20-13-1-3-16(4-2-13)27-17-10-24(11-17)19(26)25-18(5-6-23-25)12-7-14(21)9-15(22)8-12/h1-4,6-9,17-18H,5,10-11H2/t18-/m0/s1. The molecule has 2 heterocycles. The number of nitrogens with zero attached hydrogens (tertiary/aromatic N) is 3. The maximum Gasteiger partial charge on any atom is 0.341 e. The zero-order valence-corrected chi connectivity index (χ0v) is 16.6. The monoisotopic (exact) mass is 451 g/mol. The molecule has 27 heavy (non-hydrogen) atoms. The summed E-state index contributed by atoms with van der Waals surface area (Å²) in [6, 6.07) is 10.7. The highest BCUT2D eigenvalue weighted by Gasteiger charge is 2.38. The number of hydrazone groups is 1. The van der Waals surface area contributed by atoms with Crippen molar-refractivity contribution in [2.75, 3.05) is 13.1 Å². The maximum atomic E-state index is 13.5. The van der Waals surface area contributed by atoms with Crippen molar-refractivity contribution < 1.29 is 13.6 Å². The number of urea groups is 1. The Labute approximate surface area is 168 Å². The number of amides is 2. The molecule has 2 aromatic rings. The lowest BCUT2D eigenvalue weighted by atomic mass is 10.0. The van der Waals surface area contributed by atoms with Crippen LogP contribution in [0.5, 0.6) is 0 Å². The van der Waals surface area contributed by atoms with Gasteiger partial charge in [-0.3, -0.25) is 0 Å². The number of halogens is 3. The number of benzene rings is 2. The largest absolute Gasteiger partial charge is 0.341 e. The van der Waals surface area contributed by atoms with Gasteiger partial charge in [0.2, 0.25) is 0 Å². The zero-order valence-electron chi connectivity index (χ0n) is 14.2. The first-order valence-corrected chi connectivity index (χ1v) is 10.2. The van der Waals surface area contributed by atoms with Crippen molar-refractivity contribution in [2.24, 2.45) is 5.10 Å². The normalized spacial score (nSPS) is 19.4. The van der Waals surface area contributed by atoms with E-state index in [1.165, 1.54) is 17.1 Å². The van der Waals surface area contributed by atoms with Crippen LogP contribution in [0.1, 0.15) is 18.0 Å². The summed E-state index contributed by atoms with van der Waals surface area (Å²) in [4.78, 5) is 15.6. The summed E-state index contributed by atoms with van der Waals surface area (Å²) in [5.41, 5.74) is 0.416. The van der Waals surface area contributed by atoms with Crippen molar-refractivity contribution in [3.8, 4) is 0 Å². The van der Waals surface area contributed by atoms with Gasteiger partial charge in [-0.2, -0.15) is 5.10 Å². The predicted molar refractivity (Wildman–Crippen MR) is 105 cm³/mol. The van der Waals surface area contributed by atoms with Gasteiger partial charge >= 0.3 is 6.03 Å². The number of hydrogen-bond acceptors (Lipinski definition) is 3. The molecule has 4 rings (SSSR count). The fraction of sp³-hybridized carbons (Fsp3) is 0.263. The second kappa shape index (κ2) is 7.59. The molecular weight excluding hydrogens is 436 g/mol. The maximum absolute atomic E-state index is 13.5. The molecule has 0 aliphatic carbocycles. The lowest BCUT2D eigenvalue weighted by Gasteiger charge is -2.41. The Hall–Kier alpha value is -1.93. The van der Waals surface area contributed by atoms with Crippen molar-refractivity contribution in [1.82, 2.24) is 9.91 Å². The van der Waals surface area contributed by atoms with Gasteiger partial charge in [0.15, 0.2) is 0 Å². The van der Waals surface area contributed by atoms with E-state index in [0.29, 0.717) is 30.3 Å². The van der Waals surface area contributed by atoms with E-state index >= 15 is 0 Å². The highest BCUT2D eigenvalue weighted by atomic mass is 79.9. The third-order valence-electron chi connectivity index (χ3n) is 4.53. The van der Waals surface area contributed by atoms with Gasteiger partial charge < -0.3 is 4.90 Å². The SMILES string of the molecule is O=C(N1CC(Sc2ccc(Br)cc2)C1)N1N=CC[C@H]1c1cc(F)cc(F)c1. The minimum absolute atomic E-state index is 0.230. The molecule has 0 aromatic heterocycles. The van der Waals surface area contributed by atoms with E-state index in [1.54, 1.807) is 22.9 Å². The molecule has 140 valence electrons. The summed E-state index contributed by atoms with van der Waals surface area (Å²) in [7, 11) is 0. The van der Waals surface area contributed by atoms with E-state index < -0.39 is 17.7 Å². The highest BCUT2D eigenvalue weighted by molar-refractivity contribution is 9.10. The molecule has 1 atom stereocenters. The number of carbonyl (C=O) groups is 1. The highest BCUT2D eigenvalue weighted by Crippen LogP contribution is 2.34. The molecule has 1 fully saturated rings. The van der Waals surface area contributed by atoms with Gasteiger partial charge in [-0.25, -0.2) is 18.6 Å². The van der Waals surface area contributed by atoms with Gasteiger partial charge in [0.1, 0.15) is 11.6 Å². The molecule has 0 saturated carbocycles. The van der Waals surface area contributed by atoms with E-state index in [0.717, 1.165) is 15.4 Å². The number of hydrogen-bond donors (Lipinski definition) is 0. The van der Waals surface area contributed by atoms with Crippen LogP contribution in [0.4, 0.5) is 13.6 Å². The fourth-order valence-corrected chi connectivity index (χ4v) is 4.61. The first-order chi connectivity index (χ1) is 13.0. The Balaban J connectivity index is 1.38. The molecule has 0 spiro atoms. The molecule has 2 amide bonds. The van der Waals surface area contributed by atoms with Gasteiger partial charge in [-0.15, -0.1) is 11.8 Å². The van der Waals surface area contributed by atoms with Crippen LogP contribution in [0.15, 0.2) is 56.9 Å². The van der Waals surface area contributed by atoms with E-state index in [-0.39, 0.29) is 6.03 Å². The Morgan fingerprint density at radius 2 is 1.78 bits per heavy atom. The first-order valence-electron chi connectivity index (χ1n) is 8.48. The minimum Gasteiger partial charge on any atom is -0.321 e. The van der Waals surface area contributed by atoms with Crippen LogP contribution < -0.4 is 0 Å². The molecule has 2 aromatic carbocycles. The second-order valence-corrected chi connectivity index (χ2v) is 8.77. The number of rotatable bonds is 3. The summed E-state index contributed by atoms with van der Waals surface area (Å²) >= 11 is 5.15. The molecule has 1 saturated heterocycles. The van der Waals surface area contributed by atoms with E-state index in [1.807, 2.05) is 24.3 Å². The van der Waals surface area contributed by atoms with Crippen LogP contribution in [0.25, 0.3) is 0 Å². The fourth-order valence-electron chi connectivity index (χ4n) is 3.16. The lowest BCUT2D eigenvalue weighted by molar-refractivity contribution is 0.120. The quantitative estimate of drug-likeness (QED) is 0.653. The number of carbonyl (C=O) groups excluding carboxylic acids is 1. The predicted octanol–water partition coefficient (Wildman–Crippen LogP) is 5.06. The average Bonchev–Trinajstić information content (AvgIpc) is 3.08. The molecule has 0 unspecified atom stereocenters. The molecule has 0 radical (unpaired) electrons. The average molecular weight is 452 g/mol. The van der Waals surface area contributed by atoms with Gasteiger partial charge in [-0.1, -0.05) is 15.9 Å². The summed E-state index contributed by atoms with van der Waals surface area (Å²) in [5, 5.41) is 5.79. The Bertz CT molecular complexity index is 867. The third kappa shape index (κ3) is 4.01. The molecule has 2 aliphatic rings. The molecule has 0 N–H and O–H groups in total. The number of likely N-dealkylation sites (tertiary alicyclic amines) is 1. The van der Waals surface area contributed by atoms with Gasteiger partial charge in [0, 0.05) is 46.4 Å². The van der Waals surface area contributed by atoms with Crippen molar-refractivity contribution in [3.63, 3.8) is 0 Å². The summed E-state index contributed by atoms with van der Waals surface area (Å²) in [6.45, 7) is 1.24. The number of thioether (sulfide) groups is 1. The van der Waals surface area contributed by atoms with Crippen LogP contribution in [-0.2, 0) is 0 Å². The van der Waals surface area contributed by atoms with Gasteiger partial charge in [-0.05, 0) is 42.0 Å². The molecule has 8 heteroatoms. The minimum atomic E-state index is -0.654. The smallest absolute Gasteiger partial charge is 0.321 e. The summed E-state index contributed by atoms with van der Waals surface area (Å²) in [6.07, 6.45) is 2.05. The first kappa shape index (κ1) is 18.4. The van der Waals surface area contributed by atoms with Gasteiger partial charge in [0.25, 0.3) is 0 Å². The summed E-state index contributed by atoms with van der Waals surface area (Å²) < 4.78 is 28.1. The van der Waals surface area contributed by atoms with Crippen LogP contribution in [0.3, 0.4) is 0 Å². The van der Waals surface area contributed by atoms with Crippen LogP contribution in [0, 0.1) is 11.6 Å². The topological polar surface area (TPSA) is 35.9 Å². The lowest BCUT2D eigenvalue weighted by Crippen LogP contribution is -2.55. The van der Waals surface area contributed by atoms with E-state index in [2.05, 4.69) is 21.0 Å². The summed E-state index contributed by atoms with van der Waals surface area (Å²) in [5.74, 6) is -1.31. The Morgan fingerprint density at radius 1 is 1.11 bits per heavy atom. The van der Waals surface area contributed by atoms with Gasteiger partial charge in [0.05, 0.1) is 6.04 Å². The Kier molecular flexibility index (Phi) is 5.19. The van der Waals surface area contributed by atoms with Crippen LogP contribution in [0.2, 0.25) is 0 Å². The van der Waals surface area contributed by atoms with Crippen molar-refractivity contribution in [3.05, 3.63) is 64.1 Å². The van der Waals surface area contributed by atoms with Crippen molar-refractivity contribution >= 4 is 39.9 Å². The van der Waals surface area contributed by atoms with E-state index in [9.17, 15) is 13.6 Å². The van der Waals surface area contributed by atoms with Crippen molar-refractivity contribution in [1.29, 1.82) is 0 Å². The second-order valence-electron chi connectivity index (χ2n) is 6.48. The van der Waals surface area contributed by atoms with Crippen molar-refractivity contribution in [2.45, 2.75) is 22.6 Å². The molecule has 0 bridgehead atoms. The third-order valence-corrected chi connectivity index (χ3v) is 6.24.